The van der Waals surface area contributed by atoms with E-state index in [1.807, 2.05) is 0 Å². The van der Waals surface area contributed by atoms with E-state index in [0.717, 1.165) is 5.56 Å². The lowest BCUT2D eigenvalue weighted by Crippen LogP contribution is -1.98. The first-order chi connectivity index (χ1) is 7.83. The van der Waals surface area contributed by atoms with Crippen LogP contribution in [-0.4, -0.2) is 16.5 Å². The van der Waals surface area contributed by atoms with Crippen molar-refractivity contribution in [1.29, 1.82) is 0 Å². The molecule has 16 heavy (non-hydrogen) atoms. The summed E-state index contributed by atoms with van der Waals surface area (Å²) in [6.07, 6.45) is 5.50. The monoisotopic (exact) mass is 214 g/mol. The number of hydrogen-bond acceptors (Lipinski definition) is 3. The summed E-state index contributed by atoms with van der Waals surface area (Å²) >= 11 is 0. The lowest BCUT2D eigenvalue weighted by atomic mass is 10.1. The van der Waals surface area contributed by atoms with Crippen molar-refractivity contribution in [3.8, 4) is 5.75 Å². The van der Waals surface area contributed by atoms with E-state index in [2.05, 4.69) is 10.3 Å². The molecule has 2 rings (SSSR count). The highest BCUT2D eigenvalue weighted by Gasteiger charge is 2.03. The first-order valence-corrected chi connectivity index (χ1v) is 4.76. The van der Waals surface area contributed by atoms with Gasteiger partial charge in [0, 0.05) is 23.3 Å². The molecule has 0 unspecified atom stereocenters. The van der Waals surface area contributed by atoms with Gasteiger partial charge >= 0.3 is 0 Å². The summed E-state index contributed by atoms with van der Waals surface area (Å²) in [5.74, 6) is 0.198. The molecule has 0 aliphatic heterocycles. The zero-order chi connectivity index (χ0) is 11.4. The first kappa shape index (κ1) is 10.2. The van der Waals surface area contributed by atoms with E-state index in [4.69, 9.17) is 0 Å². The van der Waals surface area contributed by atoms with Crippen molar-refractivity contribution in [1.82, 2.24) is 10.3 Å². The molecule has 1 amide bonds. The van der Waals surface area contributed by atoms with Gasteiger partial charge in [-0.1, -0.05) is 0 Å². The van der Waals surface area contributed by atoms with E-state index in [0.29, 0.717) is 17.3 Å². The fourth-order valence-corrected chi connectivity index (χ4v) is 1.49. The third-order valence-corrected chi connectivity index (χ3v) is 2.21. The largest absolute Gasteiger partial charge is 0.507 e. The average molecular weight is 214 g/mol. The van der Waals surface area contributed by atoms with Crippen LogP contribution in [0.2, 0.25) is 0 Å². The molecular formula is C12H10N2O2. The van der Waals surface area contributed by atoms with E-state index in [1.54, 1.807) is 36.5 Å². The van der Waals surface area contributed by atoms with Gasteiger partial charge in [0.05, 0.1) is 5.52 Å². The fourth-order valence-electron chi connectivity index (χ4n) is 1.49. The molecule has 0 bridgehead atoms. The predicted molar refractivity (Wildman–Crippen MR) is 61.6 cm³/mol. The lowest BCUT2D eigenvalue weighted by Gasteiger charge is -2.03. The van der Waals surface area contributed by atoms with Gasteiger partial charge in [-0.3, -0.25) is 9.78 Å². The molecular weight excluding hydrogens is 204 g/mol. The van der Waals surface area contributed by atoms with Crippen LogP contribution in [0, 0.1) is 0 Å². The van der Waals surface area contributed by atoms with E-state index in [1.165, 1.54) is 6.20 Å². The van der Waals surface area contributed by atoms with Crippen molar-refractivity contribution in [3.05, 3.63) is 42.2 Å². The van der Waals surface area contributed by atoms with Gasteiger partial charge in [0.15, 0.2) is 0 Å². The molecule has 1 heterocycles. The van der Waals surface area contributed by atoms with Crippen LogP contribution >= 0.6 is 0 Å². The number of phenols is 1. The number of hydrogen-bond donors (Lipinski definition) is 2. The highest BCUT2D eigenvalue weighted by atomic mass is 16.3. The zero-order valence-corrected chi connectivity index (χ0v) is 8.42. The Kier molecular flexibility index (Phi) is 2.82. The summed E-state index contributed by atoms with van der Waals surface area (Å²) in [6, 6.07) is 6.90. The molecule has 4 nitrogen and oxygen atoms in total. The number of phenolic OH excluding ortho intramolecular Hbond substituents is 1. The Balaban J connectivity index is 2.54. The number of pyridine rings is 1. The highest BCUT2D eigenvalue weighted by molar-refractivity contribution is 5.91. The molecule has 80 valence electrons. The number of carbonyl (C=O) groups excluding carboxylic acids is 1. The zero-order valence-electron chi connectivity index (χ0n) is 8.42. The van der Waals surface area contributed by atoms with Crippen molar-refractivity contribution in [2.24, 2.45) is 0 Å². The average Bonchev–Trinajstić information content (AvgIpc) is 2.33. The quantitative estimate of drug-likeness (QED) is 0.764. The lowest BCUT2D eigenvalue weighted by molar-refractivity contribution is -0.108. The molecule has 0 radical (unpaired) electrons. The Morgan fingerprint density at radius 2 is 2.19 bits per heavy atom. The van der Waals surface area contributed by atoms with Gasteiger partial charge < -0.3 is 10.4 Å². The Morgan fingerprint density at radius 1 is 1.31 bits per heavy atom. The second-order valence-corrected chi connectivity index (χ2v) is 3.19. The van der Waals surface area contributed by atoms with Crippen LogP contribution in [0.5, 0.6) is 5.75 Å². The number of nitrogens with one attached hydrogen (secondary N) is 1. The van der Waals surface area contributed by atoms with E-state index in [9.17, 15) is 9.90 Å². The second kappa shape index (κ2) is 4.44. The van der Waals surface area contributed by atoms with Crippen LogP contribution in [0.25, 0.3) is 17.0 Å². The molecule has 4 heteroatoms. The molecule has 0 aliphatic rings. The Bertz CT molecular complexity index is 550. The van der Waals surface area contributed by atoms with Gasteiger partial charge in [-0.15, -0.1) is 0 Å². The minimum Gasteiger partial charge on any atom is -0.507 e. The standard InChI is InChI=1S/C12H10N2O2/c15-8-13-7-5-9-3-4-11(16)10-2-1-6-14-12(9)10/h1-8,16H,(H,13,15). The molecule has 2 N–H and O–H groups in total. The van der Waals surface area contributed by atoms with Gasteiger partial charge in [0.25, 0.3) is 0 Å². The minimum atomic E-state index is 0.198. The molecule has 0 spiro atoms. The van der Waals surface area contributed by atoms with Crippen molar-refractivity contribution >= 4 is 23.4 Å². The number of fused-ring (bicyclic) bond motifs is 1. The number of aromatic hydroxyl groups is 1. The van der Waals surface area contributed by atoms with Gasteiger partial charge in [0.2, 0.25) is 6.41 Å². The van der Waals surface area contributed by atoms with Crippen molar-refractivity contribution in [2.45, 2.75) is 0 Å². The maximum absolute atomic E-state index is 10.1. The van der Waals surface area contributed by atoms with Gasteiger partial charge in [-0.2, -0.15) is 0 Å². The summed E-state index contributed by atoms with van der Waals surface area (Å²) in [4.78, 5) is 14.3. The van der Waals surface area contributed by atoms with E-state index in [-0.39, 0.29) is 5.75 Å². The molecule has 1 aromatic heterocycles. The maximum Gasteiger partial charge on any atom is 0.211 e. The number of rotatable bonds is 3. The van der Waals surface area contributed by atoms with Gasteiger partial charge in [-0.05, 0) is 30.3 Å². The number of nitrogens with zero attached hydrogens (tertiary/aromatic N) is 1. The number of aromatic nitrogens is 1. The Hall–Kier alpha value is -2.36. The van der Waals surface area contributed by atoms with Crippen molar-refractivity contribution < 1.29 is 9.90 Å². The summed E-state index contributed by atoms with van der Waals surface area (Å²) in [5, 5.41) is 12.7. The van der Waals surface area contributed by atoms with E-state index < -0.39 is 0 Å². The SMILES string of the molecule is O=CNC=Cc1ccc(O)c2cccnc12. The van der Waals surface area contributed by atoms with Crippen molar-refractivity contribution in [3.63, 3.8) is 0 Å². The highest BCUT2D eigenvalue weighted by Crippen LogP contribution is 2.26. The third kappa shape index (κ3) is 1.86. The minimum absolute atomic E-state index is 0.198. The summed E-state index contributed by atoms with van der Waals surface area (Å²) in [7, 11) is 0. The molecule has 0 aliphatic carbocycles. The molecule has 0 saturated heterocycles. The number of amides is 1. The summed E-state index contributed by atoms with van der Waals surface area (Å²) in [6.45, 7) is 0. The van der Waals surface area contributed by atoms with Crippen LogP contribution in [-0.2, 0) is 4.79 Å². The molecule has 2 aromatic rings. The topological polar surface area (TPSA) is 62.2 Å². The fraction of sp³-hybridized carbons (Fsp3) is 0. The molecule has 1 aromatic carbocycles. The van der Waals surface area contributed by atoms with Gasteiger partial charge in [-0.25, -0.2) is 0 Å². The maximum atomic E-state index is 10.1. The van der Waals surface area contributed by atoms with Crippen molar-refractivity contribution in [2.75, 3.05) is 0 Å². The van der Waals surface area contributed by atoms with Crippen LogP contribution in [0.4, 0.5) is 0 Å². The summed E-state index contributed by atoms with van der Waals surface area (Å²) in [5.41, 5.74) is 1.54. The molecule has 0 fully saturated rings. The van der Waals surface area contributed by atoms with E-state index >= 15 is 0 Å². The van der Waals surface area contributed by atoms with Crippen LogP contribution in [0.1, 0.15) is 5.56 Å². The summed E-state index contributed by atoms with van der Waals surface area (Å²) < 4.78 is 0. The Labute approximate surface area is 92.2 Å². The molecule has 0 atom stereocenters. The number of benzene rings is 1. The van der Waals surface area contributed by atoms with Crippen LogP contribution in [0.15, 0.2) is 36.7 Å². The molecule has 0 saturated carbocycles. The second-order valence-electron chi connectivity index (χ2n) is 3.19. The normalized spacial score (nSPS) is 10.8. The Morgan fingerprint density at radius 3 is 3.00 bits per heavy atom. The smallest absolute Gasteiger partial charge is 0.211 e. The first-order valence-electron chi connectivity index (χ1n) is 4.76. The van der Waals surface area contributed by atoms with Crippen LogP contribution < -0.4 is 5.32 Å². The predicted octanol–water partition coefficient (Wildman–Crippen LogP) is 1.66. The number of carbonyl (C=O) groups is 1. The van der Waals surface area contributed by atoms with Crippen LogP contribution in [0.3, 0.4) is 0 Å². The third-order valence-electron chi connectivity index (χ3n) is 2.21. The van der Waals surface area contributed by atoms with Gasteiger partial charge in [0.1, 0.15) is 5.75 Å².